The predicted octanol–water partition coefficient (Wildman–Crippen LogP) is 6.53. The van der Waals surface area contributed by atoms with Crippen molar-refractivity contribution < 1.29 is 5.11 Å². The van der Waals surface area contributed by atoms with Crippen molar-refractivity contribution in [2.75, 3.05) is 0 Å². The van der Waals surface area contributed by atoms with Crippen LogP contribution >= 0.6 is 0 Å². The minimum atomic E-state index is -0.828. The molecule has 1 N–H and O–H groups in total. The van der Waals surface area contributed by atoms with Gasteiger partial charge < -0.3 is 5.11 Å². The number of fused-ring (bicyclic) bond motifs is 7. The molecule has 2 heteroatoms. The van der Waals surface area contributed by atoms with Gasteiger partial charge in [-0.05, 0) is 71.5 Å². The summed E-state index contributed by atoms with van der Waals surface area (Å²) >= 11 is 0. The quantitative estimate of drug-likeness (QED) is 0.417. The van der Waals surface area contributed by atoms with Crippen molar-refractivity contribution in [2.24, 2.45) is 0 Å². The van der Waals surface area contributed by atoms with E-state index in [-0.39, 0.29) is 5.54 Å². The first-order valence-electron chi connectivity index (χ1n) is 10.8. The lowest BCUT2D eigenvalue weighted by molar-refractivity contribution is -0.0797. The second kappa shape index (κ2) is 6.66. The molecule has 0 unspecified atom stereocenters. The van der Waals surface area contributed by atoms with E-state index in [0.717, 1.165) is 13.1 Å². The molecule has 0 amide bonds. The lowest BCUT2D eigenvalue weighted by Crippen LogP contribution is -2.57. The summed E-state index contributed by atoms with van der Waals surface area (Å²) in [5, 5.41) is 16.1. The third-order valence-corrected chi connectivity index (χ3v) is 7.29. The predicted molar refractivity (Wildman–Crippen MR) is 127 cm³/mol. The van der Waals surface area contributed by atoms with E-state index in [1.54, 1.807) is 0 Å². The van der Waals surface area contributed by atoms with Crippen LogP contribution < -0.4 is 0 Å². The molecule has 0 radical (unpaired) electrons. The highest BCUT2D eigenvalue weighted by Gasteiger charge is 2.41. The molecule has 4 aromatic rings. The molecule has 0 saturated heterocycles. The van der Waals surface area contributed by atoms with Crippen molar-refractivity contribution in [2.45, 2.75) is 51.9 Å². The lowest BCUT2D eigenvalue weighted by atomic mass is 9.83. The van der Waals surface area contributed by atoms with E-state index < -0.39 is 5.60 Å². The van der Waals surface area contributed by atoms with Crippen molar-refractivity contribution in [1.29, 1.82) is 0 Å². The van der Waals surface area contributed by atoms with Crippen LogP contribution in [-0.4, -0.2) is 21.1 Å². The van der Waals surface area contributed by atoms with Crippen LogP contribution in [0.25, 0.3) is 32.7 Å². The van der Waals surface area contributed by atoms with Crippen molar-refractivity contribution in [3.8, 4) is 11.1 Å². The first-order valence-corrected chi connectivity index (χ1v) is 10.8. The highest BCUT2D eigenvalue weighted by Crippen LogP contribution is 2.44. The Hall–Kier alpha value is -2.68. The molecule has 4 aromatic carbocycles. The molecule has 0 aromatic heterocycles. The van der Waals surface area contributed by atoms with Gasteiger partial charge in [0.2, 0.25) is 0 Å². The molecule has 0 saturated carbocycles. The Morgan fingerprint density at radius 1 is 0.633 bits per heavy atom. The topological polar surface area (TPSA) is 23.5 Å². The third-order valence-electron chi connectivity index (χ3n) is 7.29. The van der Waals surface area contributed by atoms with E-state index in [1.165, 1.54) is 43.8 Å². The van der Waals surface area contributed by atoms with Crippen LogP contribution in [-0.2, 0) is 13.1 Å². The Balaban J connectivity index is 1.87. The Labute approximate surface area is 178 Å². The van der Waals surface area contributed by atoms with Crippen molar-refractivity contribution in [3.63, 3.8) is 0 Å². The molecular weight excluding hydrogens is 366 g/mol. The molecular formula is C28H29NO. The normalized spacial score (nSPS) is 15.1. The summed E-state index contributed by atoms with van der Waals surface area (Å²) in [7, 11) is 0. The largest absolute Gasteiger partial charge is 0.389 e. The Morgan fingerprint density at radius 2 is 1.07 bits per heavy atom. The van der Waals surface area contributed by atoms with Crippen LogP contribution in [0, 0.1) is 0 Å². The maximum atomic E-state index is 11.0. The van der Waals surface area contributed by atoms with Gasteiger partial charge in [0, 0.05) is 18.6 Å². The minimum Gasteiger partial charge on any atom is -0.389 e. The van der Waals surface area contributed by atoms with Gasteiger partial charge >= 0.3 is 0 Å². The average molecular weight is 396 g/mol. The number of rotatable bonds is 2. The summed E-state index contributed by atoms with van der Waals surface area (Å²) in [6.45, 7) is 9.75. The van der Waals surface area contributed by atoms with Crippen molar-refractivity contribution >= 4 is 21.5 Å². The summed E-state index contributed by atoms with van der Waals surface area (Å²) in [4.78, 5) is 2.43. The molecule has 1 aliphatic heterocycles. The van der Waals surface area contributed by atoms with Gasteiger partial charge in [-0.2, -0.15) is 0 Å². The molecule has 0 spiro atoms. The zero-order valence-electron chi connectivity index (χ0n) is 18.2. The molecule has 5 rings (SSSR count). The monoisotopic (exact) mass is 395 g/mol. The maximum absolute atomic E-state index is 11.0. The summed E-state index contributed by atoms with van der Waals surface area (Å²) < 4.78 is 0. The van der Waals surface area contributed by atoms with Crippen LogP contribution in [0.15, 0.2) is 72.8 Å². The minimum absolute atomic E-state index is 0.386. The molecule has 2 nitrogen and oxygen atoms in total. The first-order chi connectivity index (χ1) is 14.3. The van der Waals surface area contributed by atoms with Crippen LogP contribution in [0.1, 0.15) is 38.8 Å². The molecule has 30 heavy (non-hydrogen) atoms. The fourth-order valence-corrected chi connectivity index (χ4v) is 4.74. The zero-order chi connectivity index (χ0) is 21.1. The van der Waals surface area contributed by atoms with E-state index in [1.807, 2.05) is 13.8 Å². The van der Waals surface area contributed by atoms with Crippen molar-refractivity contribution in [1.82, 2.24) is 4.90 Å². The number of nitrogens with zero attached hydrogens (tertiary/aromatic N) is 1. The van der Waals surface area contributed by atoms with Gasteiger partial charge in [-0.1, -0.05) is 72.8 Å². The van der Waals surface area contributed by atoms with Gasteiger partial charge in [0.05, 0.1) is 5.60 Å². The van der Waals surface area contributed by atoms with Gasteiger partial charge in [-0.25, -0.2) is 0 Å². The summed E-state index contributed by atoms with van der Waals surface area (Å²) in [6.07, 6.45) is 0. The Bertz CT molecular complexity index is 1180. The summed E-state index contributed by atoms with van der Waals surface area (Å²) in [5.41, 5.74) is 4.11. The van der Waals surface area contributed by atoms with Gasteiger partial charge in [-0.3, -0.25) is 4.90 Å². The fourth-order valence-electron chi connectivity index (χ4n) is 4.74. The molecule has 0 bridgehead atoms. The zero-order valence-corrected chi connectivity index (χ0v) is 18.2. The van der Waals surface area contributed by atoms with Crippen LogP contribution in [0.4, 0.5) is 0 Å². The van der Waals surface area contributed by atoms with Gasteiger partial charge in [0.15, 0.2) is 0 Å². The highest BCUT2D eigenvalue weighted by atomic mass is 16.3. The van der Waals surface area contributed by atoms with Gasteiger partial charge in [0.25, 0.3) is 0 Å². The Kier molecular flexibility index (Phi) is 4.29. The first kappa shape index (κ1) is 19.3. The average Bonchev–Trinajstić information content (AvgIpc) is 2.90. The van der Waals surface area contributed by atoms with Crippen molar-refractivity contribution in [3.05, 3.63) is 83.9 Å². The smallest absolute Gasteiger partial charge is 0.0769 e. The third kappa shape index (κ3) is 2.86. The number of hydrogen-bond donors (Lipinski definition) is 1. The highest BCUT2D eigenvalue weighted by molar-refractivity contribution is 6.08. The molecule has 1 aliphatic rings. The number of benzene rings is 4. The van der Waals surface area contributed by atoms with E-state index in [4.69, 9.17) is 0 Å². The molecule has 0 aliphatic carbocycles. The number of hydrogen-bond acceptors (Lipinski definition) is 2. The second-order valence-electron chi connectivity index (χ2n) is 9.62. The molecule has 0 fully saturated rings. The van der Waals surface area contributed by atoms with Gasteiger partial charge in [0.1, 0.15) is 0 Å². The van der Waals surface area contributed by atoms with E-state index in [2.05, 4.69) is 91.5 Å². The molecule has 1 heterocycles. The van der Waals surface area contributed by atoms with E-state index in [9.17, 15) is 5.11 Å². The lowest BCUT2D eigenvalue weighted by Gasteiger charge is -2.46. The fraction of sp³-hybridized carbons (Fsp3) is 0.286. The number of aliphatic hydroxyl groups is 1. The van der Waals surface area contributed by atoms with E-state index >= 15 is 0 Å². The Morgan fingerprint density at radius 3 is 1.50 bits per heavy atom. The van der Waals surface area contributed by atoms with Crippen LogP contribution in [0.3, 0.4) is 0 Å². The molecule has 152 valence electrons. The standard InChI is InChI=1S/C28H29NO/c1-27(2,28(3,4)30)29-17-21-15-13-19-9-5-7-11-23(19)25(21)26-22(18-29)16-14-20-10-6-8-12-24(20)26/h5-16,30H,17-18H2,1-4H3. The summed E-state index contributed by atoms with van der Waals surface area (Å²) in [5.74, 6) is 0. The molecule has 0 atom stereocenters. The van der Waals surface area contributed by atoms with Crippen LogP contribution in [0.2, 0.25) is 0 Å². The van der Waals surface area contributed by atoms with E-state index in [0.29, 0.717) is 0 Å². The summed E-state index contributed by atoms with van der Waals surface area (Å²) in [6, 6.07) is 26.4. The van der Waals surface area contributed by atoms with Gasteiger partial charge in [-0.15, -0.1) is 0 Å². The maximum Gasteiger partial charge on any atom is 0.0769 e. The second-order valence-corrected chi connectivity index (χ2v) is 9.62. The SMILES string of the molecule is CC(C)(O)C(C)(C)N1Cc2ccc3ccccc3c2-c2c(ccc3ccccc23)C1. The van der Waals surface area contributed by atoms with Crippen LogP contribution in [0.5, 0.6) is 0 Å².